The predicted octanol–water partition coefficient (Wildman–Crippen LogP) is 2.59. The first-order valence-electron chi connectivity index (χ1n) is 9.39. The Labute approximate surface area is 155 Å². The number of hydrogen-bond acceptors (Lipinski definition) is 3. The van der Waals surface area contributed by atoms with E-state index in [2.05, 4.69) is 0 Å². The van der Waals surface area contributed by atoms with Crippen LogP contribution in [-0.2, 0) is 9.53 Å². The molecule has 2 saturated heterocycles. The Morgan fingerprint density at radius 2 is 2.00 bits per heavy atom. The highest BCUT2D eigenvalue weighted by Crippen LogP contribution is 2.39. The average Bonchev–Trinajstić information content (AvgIpc) is 2.68. The smallest absolute Gasteiger partial charge is 0.324 e. The van der Waals surface area contributed by atoms with E-state index in [1.54, 1.807) is 12.0 Å². The number of carbonyl (C=O) groups excluding carboxylic acids is 2. The van der Waals surface area contributed by atoms with E-state index >= 15 is 0 Å². The van der Waals surface area contributed by atoms with Crippen molar-refractivity contribution in [2.45, 2.75) is 25.7 Å². The summed E-state index contributed by atoms with van der Waals surface area (Å²) in [6.07, 6.45) is 3.50. The maximum Gasteiger partial charge on any atom is 0.324 e. The van der Waals surface area contributed by atoms with Gasteiger partial charge in [-0.2, -0.15) is 0 Å². The van der Waals surface area contributed by atoms with Crippen LogP contribution in [0.3, 0.4) is 0 Å². The molecule has 0 aromatic heterocycles. The molecule has 2 aliphatic heterocycles. The van der Waals surface area contributed by atoms with E-state index in [1.165, 1.54) is 0 Å². The molecule has 26 heavy (non-hydrogen) atoms. The van der Waals surface area contributed by atoms with Gasteiger partial charge in [-0.15, -0.1) is 0 Å². The molecule has 6 heteroatoms. The summed E-state index contributed by atoms with van der Waals surface area (Å²) in [6.45, 7) is 3.42. The fraction of sp³-hybridized carbons (Fsp3) is 0.600. The van der Waals surface area contributed by atoms with Crippen molar-refractivity contribution >= 4 is 17.6 Å². The van der Waals surface area contributed by atoms with Gasteiger partial charge in [0, 0.05) is 57.9 Å². The number of carbonyl (C=O) groups is 2. The van der Waals surface area contributed by atoms with Gasteiger partial charge in [-0.3, -0.25) is 9.69 Å². The minimum absolute atomic E-state index is 0.0209. The zero-order chi connectivity index (χ0) is 18.6. The van der Waals surface area contributed by atoms with Gasteiger partial charge in [0.2, 0.25) is 5.91 Å². The number of benzene rings is 1. The highest BCUT2D eigenvalue weighted by molar-refractivity contribution is 5.91. The maximum absolute atomic E-state index is 13.0. The van der Waals surface area contributed by atoms with Crippen molar-refractivity contribution in [2.75, 3.05) is 51.8 Å². The number of rotatable bonds is 4. The van der Waals surface area contributed by atoms with Gasteiger partial charge in [0.25, 0.3) is 0 Å². The van der Waals surface area contributed by atoms with Crippen molar-refractivity contribution < 1.29 is 14.3 Å². The van der Waals surface area contributed by atoms with Crippen LogP contribution in [0, 0.1) is 5.41 Å². The molecule has 0 aliphatic carbocycles. The van der Waals surface area contributed by atoms with Gasteiger partial charge in [-0.25, -0.2) is 4.79 Å². The van der Waals surface area contributed by atoms with Crippen LogP contribution >= 0.6 is 0 Å². The third-order valence-electron chi connectivity index (χ3n) is 5.68. The van der Waals surface area contributed by atoms with Crippen LogP contribution in [0.1, 0.15) is 25.7 Å². The monoisotopic (exact) mass is 359 g/mol. The van der Waals surface area contributed by atoms with E-state index in [4.69, 9.17) is 4.74 Å². The number of nitrogens with zero attached hydrogens (tertiary/aromatic N) is 3. The van der Waals surface area contributed by atoms with Gasteiger partial charge in [0.1, 0.15) is 0 Å². The van der Waals surface area contributed by atoms with Crippen molar-refractivity contribution in [3.63, 3.8) is 0 Å². The lowest BCUT2D eigenvalue weighted by atomic mass is 9.73. The molecule has 0 radical (unpaired) electrons. The Kier molecular flexibility index (Phi) is 5.81. The van der Waals surface area contributed by atoms with Crippen LogP contribution in [0.2, 0.25) is 0 Å². The van der Waals surface area contributed by atoms with Crippen LogP contribution < -0.4 is 4.90 Å². The van der Waals surface area contributed by atoms with Crippen molar-refractivity contribution in [2.24, 2.45) is 5.41 Å². The zero-order valence-corrected chi connectivity index (χ0v) is 15.8. The lowest BCUT2D eigenvalue weighted by Crippen LogP contribution is -2.57. The van der Waals surface area contributed by atoms with Gasteiger partial charge in [-0.1, -0.05) is 18.2 Å². The largest absolute Gasteiger partial charge is 0.383 e. The van der Waals surface area contributed by atoms with E-state index in [0.29, 0.717) is 19.6 Å². The van der Waals surface area contributed by atoms with Crippen molar-refractivity contribution in [3.8, 4) is 0 Å². The lowest BCUT2D eigenvalue weighted by molar-refractivity contribution is -0.139. The molecule has 1 aromatic rings. The van der Waals surface area contributed by atoms with E-state index in [0.717, 1.165) is 44.6 Å². The number of hydrogen-bond donors (Lipinski definition) is 0. The molecular formula is C20H29N3O3. The number of ether oxygens (including phenoxy) is 1. The molecule has 3 rings (SSSR count). The standard InChI is InChI=1S/C20H29N3O3/c1-21(17-7-4-3-5-8-17)19(25)23-12-6-10-20(16-23)11-9-18(24)22(15-20)13-14-26-2/h3-5,7-8H,6,9-16H2,1-2H3/t20-/m0/s1. The third kappa shape index (κ3) is 4.01. The number of urea groups is 1. The first-order valence-corrected chi connectivity index (χ1v) is 9.39. The fourth-order valence-electron chi connectivity index (χ4n) is 4.19. The molecule has 3 amide bonds. The van der Waals surface area contributed by atoms with Crippen LogP contribution in [0.15, 0.2) is 30.3 Å². The van der Waals surface area contributed by atoms with Crippen LogP contribution in [0.25, 0.3) is 0 Å². The molecule has 6 nitrogen and oxygen atoms in total. The predicted molar refractivity (Wildman–Crippen MR) is 101 cm³/mol. The molecule has 1 spiro atoms. The summed E-state index contributed by atoms with van der Waals surface area (Å²) < 4.78 is 5.14. The summed E-state index contributed by atoms with van der Waals surface area (Å²) >= 11 is 0. The second-order valence-corrected chi connectivity index (χ2v) is 7.51. The first kappa shape index (κ1) is 18.7. The average molecular weight is 359 g/mol. The fourth-order valence-corrected chi connectivity index (χ4v) is 4.19. The molecule has 0 bridgehead atoms. The molecule has 2 heterocycles. The topological polar surface area (TPSA) is 53.1 Å². The SMILES string of the molecule is COCCN1C[C@]2(CCCN(C(=O)N(C)c3ccccc3)C2)CCC1=O. The molecule has 1 atom stereocenters. The quantitative estimate of drug-likeness (QED) is 0.830. The maximum atomic E-state index is 13.0. The van der Waals surface area contributed by atoms with E-state index in [-0.39, 0.29) is 17.4 Å². The molecule has 1 aromatic carbocycles. The third-order valence-corrected chi connectivity index (χ3v) is 5.68. The van der Waals surface area contributed by atoms with Crippen LogP contribution in [-0.4, -0.2) is 68.7 Å². The van der Waals surface area contributed by atoms with Gasteiger partial charge < -0.3 is 14.5 Å². The number of likely N-dealkylation sites (tertiary alicyclic amines) is 2. The summed E-state index contributed by atoms with van der Waals surface area (Å²) in [6, 6.07) is 9.77. The molecule has 0 unspecified atom stereocenters. The molecule has 0 N–H and O–H groups in total. The van der Waals surface area contributed by atoms with Crippen LogP contribution in [0.5, 0.6) is 0 Å². The molecular weight excluding hydrogens is 330 g/mol. The summed E-state index contributed by atoms with van der Waals surface area (Å²) in [5.74, 6) is 0.206. The number of anilines is 1. The Morgan fingerprint density at radius 3 is 2.73 bits per heavy atom. The Hall–Kier alpha value is -2.08. The Morgan fingerprint density at radius 1 is 1.23 bits per heavy atom. The summed E-state index contributed by atoms with van der Waals surface area (Å²) in [7, 11) is 3.48. The van der Waals surface area contributed by atoms with E-state index in [1.807, 2.05) is 47.2 Å². The summed E-state index contributed by atoms with van der Waals surface area (Å²) in [5, 5.41) is 0. The van der Waals surface area contributed by atoms with Crippen molar-refractivity contribution in [1.29, 1.82) is 0 Å². The van der Waals surface area contributed by atoms with Crippen molar-refractivity contribution in [3.05, 3.63) is 30.3 Å². The van der Waals surface area contributed by atoms with E-state index < -0.39 is 0 Å². The molecule has 142 valence electrons. The van der Waals surface area contributed by atoms with E-state index in [9.17, 15) is 9.59 Å². The minimum atomic E-state index is 0.0209. The van der Waals surface area contributed by atoms with Crippen molar-refractivity contribution in [1.82, 2.24) is 9.80 Å². The second kappa shape index (κ2) is 8.08. The van der Waals surface area contributed by atoms with Gasteiger partial charge in [0.15, 0.2) is 0 Å². The number of methoxy groups -OCH3 is 1. The number of para-hydroxylation sites is 1. The van der Waals surface area contributed by atoms with Gasteiger partial charge in [0.05, 0.1) is 6.61 Å². The summed E-state index contributed by atoms with van der Waals surface area (Å²) in [5.41, 5.74) is 0.922. The number of piperidine rings is 2. The lowest BCUT2D eigenvalue weighted by Gasteiger charge is -2.48. The Bertz CT molecular complexity index is 636. The second-order valence-electron chi connectivity index (χ2n) is 7.51. The summed E-state index contributed by atoms with van der Waals surface area (Å²) in [4.78, 5) is 30.8. The molecule has 0 saturated carbocycles. The van der Waals surface area contributed by atoms with Gasteiger partial charge >= 0.3 is 6.03 Å². The first-order chi connectivity index (χ1) is 12.5. The van der Waals surface area contributed by atoms with Crippen LogP contribution in [0.4, 0.5) is 10.5 Å². The normalized spacial score (nSPS) is 23.4. The Balaban J connectivity index is 1.68. The highest BCUT2D eigenvalue weighted by atomic mass is 16.5. The zero-order valence-electron chi connectivity index (χ0n) is 15.8. The molecule has 2 fully saturated rings. The highest BCUT2D eigenvalue weighted by Gasteiger charge is 2.43. The minimum Gasteiger partial charge on any atom is -0.383 e. The molecule has 2 aliphatic rings. The number of amides is 3. The van der Waals surface area contributed by atoms with Gasteiger partial charge in [-0.05, 0) is 31.4 Å².